The van der Waals surface area contributed by atoms with E-state index in [2.05, 4.69) is 25.9 Å². The molecule has 3 aromatic rings. The fourth-order valence-electron chi connectivity index (χ4n) is 3.38. The van der Waals surface area contributed by atoms with Crippen LogP contribution in [0.15, 0.2) is 36.5 Å². The molecule has 1 saturated heterocycles. The number of halogens is 3. The lowest BCUT2D eigenvalue weighted by atomic mass is 10.0. The number of fused-ring (bicyclic) bond motifs is 1. The third kappa shape index (κ3) is 5.05. The number of anilines is 2. The molecule has 1 fully saturated rings. The van der Waals surface area contributed by atoms with E-state index in [4.69, 9.17) is 34.8 Å². The quantitative estimate of drug-likeness (QED) is 0.314. The fourth-order valence-corrected chi connectivity index (χ4v) is 4.54. The van der Waals surface area contributed by atoms with E-state index in [1.54, 1.807) is 38.2 Å². The van der Waals surface area contributed by atoms with Crippen LogP contribution in [0.25, 0.3) is 20.7 Å². The average molecular weight is 542 g/mol. The summed E-state index contributed by atoms with van der Waals surface area (Å²) in [6.07, 6.45) is 1.64. The Hall–Kier alpha value is -2.66. The Labute approximate surface area is 213 Å². The Morgan fingerprint density at radius 1 is 1.21 bits per heavy atom. The number of aromatic nitrogens is 2. The predicted octanol–water partition coefficient (Wildman–Crippen LogP) is 4.41. The van der Waals surface area contributed by atoms with Gasteiger partial charge >= 0.3 is 6.03 Å². The molecule has 0 atom stereocenters. The lowest BCUT2D eigenvalue weighted by Crippen LogP contribution is -2.46. The molecule has 0 aliphatic carbocycles. The Kier molecular flexibility index (Phi) is 6.61. The van der Waals surface area contributed by atoms with Gasteiger partial charge in [-0.1, -0.05) is 34.8 Å². The molecule has 1 aliphatic heterocycles. The minimum absolute atomic E-state index is 0.309. The van der Waals surface area contributed by atoms with Crippen LogP contribution in [-0.2, 0) is 9.59 Å². The van der Waals surface area contributed by atoms with Crippen molar-refractivity contribution < 1.29 is 14.4 Å². The molecule has 3 N–H and O–H groups in total. The first-order valence-corrected chi connectivity index (χ1v) is 12.0. The SMILES string of the molecule is CC1(C)C(=O)NC(=O)N1CCNc1nccc(-c2cc3cc(NC(=O)C(Cl)(Cl)Cl)ccc3s2)n1. The van der Waals surface area contributed by atoms with Crippen LogP contribution in [-0.4, -0.2) is 55.1 Å². The van der Waals surface area contributed by atoms with Crippen LogP contribution in [0, 0.1) is 0 Å². The predicted molar refractivity (Wildman–Crippen MR) is 135 cm³/mol. The largest absolute Gasteiger partial charge is 0.352 e. The van der Waals surface area contributed by atoms with Crippen molar-refractivity contribution in [2.24, 2.45) is 0 Å². The molecular weight excluding hydrogens is 523 g/mol. The van der Waals surface area contributed by atoms with Crippen LogP contribution in [0.5, 0.6) is 0 Å². The van der Waals surface area contributed by atoms with Gasteiger partial charge in [0.15, 0.2) is 0 Å². The van der Waals surface area contributed by atoms with Crippen molar-refractivity contribution in [1.82, 2.24) is 20.2 Å². The highest BCUT2D eigenvalue weighted by Gasteiger charge is 2.45. The summed E-state index contributed by atoms with van der Waals surface area (Å²) in [4.78, 5) is 46.9. The summed E-state index contributed by atoms with van der Waals surface area (Å²) < 4.78 is -1.06. The van der Waals surface area contributed by atoms with Crippen molar-refractivity contribution >= 4 is 85.7 Å². The number of benzene rings is 1. The van der Waals surface area contributed by atoms with E-state index in [0.29, 0.717) is 30.4 Å². The molecular formula is C21H19Cl3N6O3S. The lowest BCUT2D eigenvalue weighted by Gasteiger charge is -2.27. The maximum Gasteiger partial charge on any atom is 0.325 e. The van der Waals surface area contributed by atoms with Gasteiger partial charge in [-0.25, -0.2) is 14.8 Å². The van der Waals surface area contributed by atoms with Gasteiger partial charge in [0.2, 0.25) is 5.95 Å². The van der Waals surface area contributed by atoms with Crippen molar-refractivity contribution in [2.75, 3.05) is 23.7 Å². The van der Waals surface area contributed by atoms with E-state index in [-0.39, 0.29) is 5.91 Å². The number of urea groups is 1. The monoisotopic (exact) mass is 540 g/mol. The molecule has 0 spiro atoms. The van der Waals surface area contributed by atoms with Gasteiger partial charge in [-0.15, -0.1) is 11.3 Å². The number of nitrogens with zero attached hydrogens (tertiary/aromatic N) is 3. The molecule has 34 heavy (non-hydrogen) atoms. The summed E-state index contributed by atoms with van der Waals surface area (Å²) in [5.41, 5.74) is 0.306. The third-order valence-corrected chi connectivity index (χ3v) is 6.91. The molecule has 178 valence electrons. The molecule has 0 radical (unpaired) electrons. The summed E-state index contributed by atoms with van der Waals surface area (Å²) in [5.74, 6) is -0.664. The summed E-state index contributed by atoms with van der Waals surface area (Å²) in [6.45, 7) is 4.07. The Morgan fingerprint density at radius 3 is 2.65 bits per heavy atom. The molecule has 4 amide bonds. The van der Waals surface area contributed by atoms with Crippen LogP contribution in [0.1, 0.15) is 13.8 Å². The first-order valence-electron chi connectivity index (χ1n) is 10.1. The number of amides is 4. The normalized spacial score (nSPS) is 15.5. The van der Waals surface area contributed by atoms with Gasteiger partial charge in [-0.05, 0) is 49.6 Å². The van der Waals surface area contributed by atoms with Gasteiger partial charge in [-0.2, -0.15) is 0 Å². The number of hydrogen-bond donors (Lipinski definition) is 3. The second-order valence-corrected chi connectivity index (χ2v) is 11.3. The van der Waals surface area contributed by atoms with Crippen LogP contribution in [0.4, 0.5) is 16.4 Å². The molecule has 0 unspecified atom stereocenters. The number of nitrogens with one attached hydrogen (secondary N) is 3. The highest BCUT2D eigenvalue weighted by atomic mass is 35.6. The maximum atomic E-state index is 12.0. The highest BCUT2D eigenvalue weighted by Crippen LogP contribution is 2.35. The topological polar surface area (TPSA) is 116 Å². The van der Waals surface area contributed by atoms with Crippen LogP contribution >= 0.6 is 46.1 Å². The van der Waals surface area contributed by atoms with E-state index in [1.165, 1.54) is 16.2 Å². The molecule has 0 saturated carbocycles. The summed E-state index contributed by atoms with van der Waals surface area (Å²) >= 11 is 18.4. The third-order valence-electron chi connectivity index (χ3n) is 5.25. The second-order valence-electron chi connectivity index (χ2n) is 7.98. The molecule has 3 heterocycles. The van der Waals surface area contributed by atoms with Crippen LogP contribution in [0.3, 0.4) is 0 Å². The summed E-state index contributed by atoms with van der Waals surface area (Å²) in [5, 5.41) is 8.88. The Morgan fingerprint density at radius 2 is 1.97 bits per heavy atom. The first kappa shape index (κ1) is 24.5. The number of carbonyl (C=O) groups excluding carboxylic acids is 3. The highest BCUT2D eigenvalue weighted by molar-refractivity contribution is 7.22. The van der Waals surface area contributed by atoms with Gasteiger partial charge in [0, 0.05) is 29.7 Å². The Bertz CT molecular complexity index is 1290. The van der Waals surface area contributed by atoms with Gasteiger partial charge in [0.1, 0.15) is 5.54 Å². The van der Waals surface area contributed by atoms with Crippen LogP contribution in [0.2, 0.25) is 0 Å². The first-order chi connectivity index (χ1) is 15.9. The average Bonchev–Trinajstić information content (AvgIpc) is 3.26. The number of thiophene rings is 1. The lowest BCUT2D eigenvalue weighted by molar-refractivity contribution is -0.125. The molecule has 13 heteroatoms. The van der Waals surface area contributed by atoms with Crippen LogP contribution < -0.4 is 16.0 Å². The minimum atomic E-state index is -2.05. The second kappa shape index (κ2) is 9.18. The number of alkyl halides is 3. The summed E-state index contributed by atoms with van der Waals surface area (Å²) in [7, 11) is 0. The van der Waals surface area contributed by atoms with E-state index < -0.39 is 21.3 Å². The maximum absolute atomic E-state index is 12.0. The van der Waals surface area contributed by atoms with Crippen molar-refractivity contribution in [3.63, 3.8) is 0 Å². The van der Waals surface area contributed by atoms with Gasteiger partial charge in [0.25, 0.3) is 15.6 Å². The number of carbonyl (C=O) groups is 3. The standard InChI is InChI=1S/C21H19Cl3N6O3S/c1-20(2)16(31)29-19(33)30(20)8-7-26-18-25-6-5-13(28-18)15-10-11-9-12(3-4-14(11)34-15)27-17(32)21(22,23)24/h3-6,9-10H,7-8H2,1-2H3,(H,27,32)(H,25,26,28)(H,29,31,33). The van der Waals surface area contributed by atoms with Crippen molar-refractivity contribution in [3.8, 4) is 10.6 Å². The van der Waals surface area contributed by atoms with E-state index in [1.807, 2.05) is 12.1 Å². The summed E-state index contributed by atoms with van der Waals surface area (Å²) in [6, 6.07) is 8.69. The molecule has 4 rings (SSSR count). The smallest absolute Gasteiger partial charge is 0.325 e. The van der Waals surface area contributed by atoms with Crippen molar-refractivity contribution in [1.29, 1.82) is 0 Å². The number of hydrogen-bond acceptors (Lipinski definition) is 7. The number of rotatable bonds is 6. The molecule has 9 nitrogen and oxygen atoms in total. The molecule has 1 aliphatic rings. The molecule has 2 aromatic heterocycles. The molecule has 1 aromatic carbocycles. The van der Waals surface area contributed by atoms with E-state index in [0.717, 1.165) is 15.0 Å². The van der Waals surface area contributed by atoms with Gasteiger partial charge < -0.3 is 15.5 Å². The Balaban J connectivity index is 1.46. The zero-order valence-electron chi connectivity index (χ0n) is 18.0. The van der Waals surface area contributed by atoms with Gasteiger partial charge in [0.05, 0.1) is 10.6 Å². The molecule has 0 bridgehead atoms. The van der Waals surface area contributed by atoms with Crippen molar-refractivity contribution in [3.05, 3.63) is 36.5 Å². The minimum Gasteiger partial charge on any atom is -0.352 e. The van der Waals surface area contributed by atoms with Gasteiger partial charge in [-0.3, -0.25) is 14.9 Å². The zero-order chi connectivity index (χ0) is 24.7. The fraction of sp³-hybridized carbons (Fsp3) is 0.286. The van der Waals surface area contributed by atoms with E-state index in [9.17, 15) is 14.4 Å². The van der Waals surface area contributed by atoms with Crippen molar-refractivity contribution in [2.45, 2.75) is 23.2 Å². The zero-order valence-corrected chi connectivity index (χ0v) is 21.1. The van der Waals surface area contributed by atoms with E-state index >= 15 is 0 Å². The number of imide groups is 1.